The molecule has 0 bridgehead atoms. The summed E-state index contributed by atoms with van der Waals surface area (Å²) in [5, 5.41) is 5.26. The summed E-state index contributed by atoms with van der Waals surface area (Å²) in [4.78, 5) is 19.0. The Kier molecular flexibility index (Phi) is 3.15. The van der Waals surface area contributed by atoms with E-state index in [1.54, 1.807) is 0 Å². The Balaban J connectivity index is 1.76. The number of fused-ring (bicyclic) bond motifs is 1. The molecule has 2 aromatic rings. The molecule has 2 aromatic heterocycles. The first kappa shape index (κ1) is 11.8. The number of thiophene rings is 1. The van der Waals surface area contributed by atoms with Gasteiger partial charge in [-0.25, -0.2) is 4.98 Å². The van der Waals surface area contributed by atoms with Crippen molar-refractivity contribution < 1.29 is 4.74 Å². The maximum Gasteiger partial charge on any atom is 0.268 e. The Hall–Kier alpha value is -1.24. The number of nitrogens with one attached hydrogen (secondary N) is 2. The van der Waals surface area contributed by atoms with Gasteiger partial charge in [0.15, 0.2) is 0 Å². The number of aromatic nitrogens is 2. The fourth-order valence-electron chi connectivity index (χ4n) is 2.23. The highest BCUT2D eigenvalue weighted by Gasteiger charge is 2.23. The van der Waals surface area contributed by atoms with E-state index in [4.69, 9.17) is 4.74 Å². The van der Waals surface area contributed by atoms with Gasteiger partial charge in [0.05, 0.1) is 18.2 Å². The summed E-state index contributed by atoms with van der Waals surface area (Å²) in [5.41, 5.74) is 0.721. The van der Waals surface area contributed by atoms with Crippen LogP contribution in [0, 0.1) is 0 Å². The minimum Gasteiger partial charge on any atom is -0.377 e. The molecule has 0 amide bonds. The Morgan fingerprint density at radius 2 is 2.56 bits per heavy atom. The topological polar surface area (TPSA) is 67.0 Å². The molecule has 2 unspecified atom stereocenters. The fourth-order valence-corrected chi connectivity index (χ4v) is 2.96. The second-order valence-electron chi connectivity index (χ2n) is 4.50. The monoisotopic (exact) mass is 265 g/mol. The van der Waals surface area contributed by atoms with E-state index in [0.717, 1.165) is 18.5 Å². The van der Waals surface area contributed by atoms with Gasteiger partial charge in [-0.05, 0) is 24.8 Å². The van der Waals surface area contributed by atoms with Crippen molar-refractivity contribution in [3.8, 4) is 0 Å². The van der Waals surface area contributed by atoms with Gasteiger partial charge in [0, 0.05) is 12.6 Å². The summed E-state index contributed by atoms with van der Waals surface area (Å²) in [6.45, 7) is 3.43. The third-order valence-electron chi connectivity index (χ3n) is 3.27. The highest BCUT2D eigenvalue weighted by Crippen LogP contribution is 2.15. The molecule has 0 radical (unpaired) electrons. The molecular weight excluding hydrogens is 250 g/mol. The molecule has 1 fully saturated rings. The van der Waals surface area contributed by atoms with Crippen LogP contribution in [-0.4, -0.2) is 28.7 Å². The molecule has 2 atom stereocenters. The standard InChI is InChI=1S/C12H15N3O2S/c1-7-8(2-4-17-7)13-6-10-14-9-3-5-18-11(9)12(16)15-10/h3,5,7-8,13H,2,4,6H2,1H3,(H,14,15,16). The minimum absolute atomic E-state index is 0.0532. The lowest BCUT2D eigenvalue weighted by atomic mass is 10.1. The SMILES string of the molecule is CC1OCCC1NCc1nc2ccsc2c(=O)[nH]1. The number of nitrogens with zero attached hydrogens (tertiary/aromatic N) is 1. The Morgan fingerprint density at radius 1 is 1.67 bits per heavy atom. The van der Waals surface area contributed by atoms with Crippen molar-refractivity contribution in [3.63, 3.8) is 0 Å². The van der Waals surface area contributed by atoms with E-state index in [1.807, 2.05) is 11.4 Å². The zero-order chi connectivity index (χ0) is 12.5. The number of aromatic amines is 1. The number of ether oxygens (including phenoxy) is 1. The molecule has 1 aliphatic heterocycles. The van der Waals surface area contributed by atoms with Crippen molar-refractivity contribution in [2.75, 3.05) is 6.61 Å². The number of hydrogen-bond acceptors (Lipinski definition) is 5. The van der Waals surface area contributed by atoms with Crippen molar-refractivity contribution in [2.45, 2.75) is 32.0 Å². The van der Waals surface area contributed by atoms with Crippen molar-refractivity contribution >= 4 is 21.6 Å². The minimum atomic E-state index is -0.0532. The quantitative estimate of drug-likeness (QED) is 0.876. The van der Waals surface area contributed by atoms with Crippen LogP contribution in [0.25, 0.3) is 10.2 Å². The number of hydrogen-bond donors (Lipinski definition) is 2. The van der Waals surface area contributed by atoms with Gasteiger partial charge < -0.3 is 15.0 Å². The van der Waals surface area contributed by atoms with Gasteiger partial charge >= 0.3 is 0 Å². The average molecular weight is 265 g/mol. The van der Waals surface area contributed by atoms with E-state index in [0.29, 0.717) is 23.1 Å². The van der Waals surface area contributed by atoms with Crippen LogP contribution in [0.3, 0.4) is 0 Å². The van der Waals surface area contributed by atoms with Crippen LogP contribution in [0.2, 0.25) is 0 Å². The van der Waals surface area contributed by atoms with Crippen molar-refractivity contribution in [1.29, 1.82) is 0 Å². The summed E-state index contributed by atoms with van der Waals surface area (Å²) in [7, 11) is 0. The second kappa shape index (κ2) is 4.79. The van der Waals surface area contributed by atoms with Crippen LogP contribution in [-0.2, 0) is 11.3 Å². The molecule has 3 heterocycles. The van der Waals surface area contributed by atoms with Gasteiger partial charge in [-0.15, -0.1) is 11.3 Å². The lowest BCUT2D eigenvalue weighted by Crippen LogP contribution is -2.35. The number of H-pyrrole nitrogens is 1. The molecule has 3 rings (SSSR count). The van der Waals surface area contributed by atoms with Crippen molar-refractivity contribution in [2.24, 2.45) is 0 Å². The zero-order valence-electron chi connectivity index (χ0n) is 10.1. The van der Waals surface area contributed by atoms with Crippen LogP contribution >= 0.6 is 11.3 Å². The van der Waals surface area contributed by atoms with Gasteiger partial charge in [0.1, 0.15) is 10.5 Å². The lowest BCUT2D eigenvalue weighted by Gasteiger charge is -2.15. The Morgan fingerprint density at radius 3 is 3.33 bits per heavy atom. The molecule has 0 spiro atoms. The van der Waals surface area contributed by atoms with Gasteiger partial charge in [0.2, 0.25) is 0 Å². The molecule has 0 aliphatic carbocycles. The van der Waals surface area contributed by atoms with E-state index >= 15 is 0 Å². The predicted molar refractivity (Wildman–Crippen MR) is 70.9 cm³/mol. The third kappa shape index (κ3) is 2.19. The summed E-state index contributed by atoms with van der Waals surface area (Å²) in [5.74, 6) is 0.685. The highest BCUT2D eigenvalue weighted by molar-refractivity contribution is 7.17. The summed E-state index contributed by atoms with van der Waals surface area (Å²) >= 11 is 1.42. The van der Waals surface area contributed by atoms with Gasteiger partial charge in [-0.1, -0.05) is 0 Å². The van der Waals surface area contributed by atoms with E-state index in [2.05, 4.69) is 22.2 Å². The number of rotatable bonds is 3. The van der Waals surface area contributed by atoms with Crippen LogP contribution in [0.15, 0.2) is 16.2 Å². The van der Waals surface area contributed by atoms with Crippen molar-refractivity contribution in [1.82, 2.24) is 15.3 Å². The molecule has 1 aliphatic rings. The van der Waals surface area contributed by atoms with Crippen LogP contribution < -0.4 is 10.9 Å². The van der Waals surface area contributed by atoms with Crippen LogP contribution in [0.5, 0.6) is 0 Å². The molecule has 5 nitrogen and oxygen atoms in total. The van der Waals surface area contributed by atoms with Crippen LogP contribution in [0.4, 0.5) is 0 Å². The van der Waals surface area contributed by atoms with Crippen molar-refractivity contribution in [3.05, 3.63) is 27.6 Å². The summed E-state index contributed by atoms with van der Waals surface area (Å²) in [6.07, 6.45) is 1.23. The Labute approximate surface area is 108 Å². The molecule has 96 valence electrons. The first-order chi connectivity index (χ1) is 8.74. The maximum absolute atomic E-state index is 11.8. The predicted octanol–water partition coefficient (Wildman–Crippen LogP) is 1.25. The van der Waals surface area contributed by atoms with Gasteiger partial charge in [0.25, 0.3) is 5.56 Å². The molecule has 2 N–H and O–H groups in total. The van der Waals surface area contributed by atoms with Gasteiger partial charge in [-0.2, -0.15) is 0 Å². The van der Waals surface area contributed by atoms with Crippen LogP contribution in [0.1, 0.15) is 19.2 Å². The molecule has 0 saturated carbocycles. The zero-order valence-corrected chi connectivity index (χ0v) is 10.9. The van der Waals surface area contributed by atoms with E-state index in [1.165, 1.54) is 11.3 Å². The molecule has 6 heteroatoms. The Bertz CT molecular complexity index is 607. The molecule has 1 saturated heterocycles. The maximum atomic E-state index is 11.8. The lowest BCUT2D eigenvalue weighted by molar-refractivity contribution is 0.113. The highest BCUT2D eigenvalue weighted by atomic mass is 32.1. The van der Waals surface area contributed by atoms with E-state index < -0.39 is 0 Å². The molecular formula is C12H15N3O2S. The average Bonchev–Trinajstić information content (AvgIpc) is 2.95. The first-order valence-corrected chi connectivity index (χ1v) is 6.93. The largest absolute Gasteiger partial charge is 0.377 e. The summed E-state index contributed by atoms with van der Waals surface area (Å²) < 4.78 is 6.17. The smallest absolute Gasteiger partial charge is 0.268 e. The third-order valence-corrected chi connectivity index (χ3v) is 4.17. The van der Waals surface area contributed by atoms with Gasteiger partial charge in [-0.3, -0.25) is 4.79 Å². The molecule has 18 heavy (non-hydrogen) atoms. The first-order valence-electron chi connectivity index (χ1n) is 6.05. The molecule has 0 aromatic carbocycles. The fraction of sp³-hybridized carbons (Fsp3) is 0.500. The van der Waals surface area contributed by atoms with E-state index in [-0.39, 0.29) is 11.7 Å². The van der Waals surface area contributed by atoms with E-state index in [9.17, 15) is 4.79 Å². The normalized spacial score (nSPS) is 23.8. The second-order valence-corrected chi connectivity index (χ2v) is 5.42. The summed E-state index contributed by atoms with van der Waals surface area (Å²) in [6, 6.07) is 2.22.